The van der Waals surface area contributed by atoms with E-state index >= 15 is 0 Å². The highest BCUT2D eigenvalue weighted by Crippen LogP contribution is 2.14. The smallest absolute Gasteiger partial charge is 0.326 e. The van der Waals surface area contributed by atoms with Crippen molar-refractivity contribution in [2.45, 2.75) is 23.1 Å². The van der Waals surface area contributed by atoms with Gasteiger partial charge in [0.15, 0.2) is 0 Å². The molecule has 1 rings (SSSR count). The van der Waals surface area contributed by atoms with E-state index in [1.54, 1.807) is 11.4 Å². The van der Waals surface area contributed by atoms with E-state index in [1.165, 1.54) is 12.1 Å². The average Bonchev–Trinajstić information content (AvgIpc) is 2.92. The zero-order valence-electron chi connectivity index (χ0n) is 11.1. The molecule has 1 unspecified atom stereocenters. The largest absolute Gasteiger partial charge is 0.480 e. The Balaban J connectivity index is 2.43. The van der Waals surface area contributed by atoms with Gasteiger partial charge < -0.3 is 10.4 Å². The van der Waals surface area contributed by atoms with E-state index < -0.39 is 27.9 Å². The van der Waals surface area contributed by atoms with Gasteiger partial charge >= 0.3 is 5.97 Å². The predicted octanol–water partition coefficient (Wildman–Crippen LogP) is 0.562. The molecule has 1 heterocycles. The highest BCUT2D eigenvalue weighted by atomic mass is 32.2. The SMILES string of the molecule is C=CCC(NC(=O)CCNS(=O)(=O)c1cccs1)C(=O)O. The molecule has 0 spiro atoms. The maximum absolute atomic E-state index is 11.8. The number of carboxylic acid groups (broad SMARTS) is 1. The van der Waals surface area contributed by atoms with Crippen molar-refractivity contribution < 1.29 is 23.1 Å². The monoisotopic (exact) mass is 332 g/mol. The molecule has 1 aromatic heterocycles. The van der Waals surface area contributed by atoms with E-state index in [4.69, 9.17) is 5.11 Å². The number of hydrogen-bond acceptors (Lipinski definition) is 5. The van der Waals surface area contributed by atoms with Crippen molar-refractivity contribution >= 4 is 33.2 Å². The number of carbonyl (C=O) groups excluding carboxylic acids is 1. The second kappa shape index (κ2) is 7.91. The lowest BCUT2D eigenvalue weighted by atomic mass is 10.2. The highest BCUT2D eigenvalue weighted by molar-refractivity contribution is 7.91. The van der Waals surface area contributed by atoms with Gasteiger partial charge in [-0.15, -0.1) is 17.9 Å². The van der Waals surface area contributed by atoms with Crippen LogP contribution < -0.4 is 10.0 Å². The standard InChI is InChI=1S/C12H16N2O5S2/c1-2-4-9(12(16)17)14-10(15)6-7-13-21(18,19)11-5-3-8-20-11/h2-3,5,8-9,13H,1,4,6-7H2,(H,14,15)(H,16,17). The second-order valence-corrected chi connectivity index (χ2v) is 7.00. The number of rotatable bonds is 9. The van der Waals surface area contributed by atoms with Gasteiger partial charge in [0, 0.05) is 13.0 Å². The van der Waals surface area contributed by atoms with Crippen LogP contribution >= 0.6 is 11.3 Å². The number of thiophene rings is 1. The normalized spacial score (nSPS) is 12.6. The summed E-state index contributed by atoms with van der Waals surface area (Å²) >= 11 is 1.07. The minimum atomic E-state index is -3.61. The van der Waals surface area contributed by atoms with Crippen molar-refractivity contribution in [2.75, 3.05) is 6.54 Å². The molecule has 0 saturated heterocycles. The molecule has 0 aliphatic carbocycles. The highest BCUT2D eigenvalue weighted by Gasteiger charge is 2.19. The zero-order chi connectivity index (χ0) is 15.9. The van der Waals surface area contributed by atoms with E-state index in [-0.39, 0.29) is 23.6 Å². The van der Waals surface area contributed by atoms with Crippen LogP contribution in [0.5, 0.6) is 0 Å². The van der Waals surface area contributed by atoms with Crippen LogP contribution in [0.25, 0.3) is 0 Å². The summed E-state index contributed by atoms with van der Waals surface area (Å²) in [6, 6.07) is 2.01. The maximum atomic E-state index is 11.8. The molecule has 0 fully saturated rings. The fourth-order valence-electron chi connectivity index (χ4n) is 1.44. The molecule has 21 heavy (non-hydrogen) atoms. The van der Waals surface area contributed by atoms with Gasteiger partial charge in [-0.25, -0.2) is 17.9 Å². The van der Waals surface area contributed by atoms with Gasteiger partial charge in [-0.3, -0.25) is 4.79 Å². The van der Waals surface area contributed by atoms with Gasteiger partial charge in [0.2, 0.25) is 15.9 Å². The molecule has 116 valence electrons. The van der Waals surface area contributed by atoms with E-state index in [0.717, 1.165) is 11.3 Å². The molecule has 1 aromatic rings. The predicted molar refractivity (Wildman–Crippen MR) is 78.5 cm³/mol. The Morgan fingerprint density at radius 1 is 1.48 bits per heavy atom. The summed E-state index contributed by atoms with van der Waals surface area (Å²) in [6.45, 7) is 3.30. The fraction of sp³-hybridized carbons (Fsp3) is 0.333. The van der Waals surface area contributed by atoms with Gasteiger partial charge in [-0.2, -0.15) is 0 Å². The third-order valence-corrected chi connectivity index (χ3v) is 5.30. The molecule has 0 radical (unpaired) electrons. The van der Waals surface area contributed by atoms with E-state index in [1.807, 2.05) is 0 Å². The third kappa shape index (κ3) is 5.66. The van der Waals surface area contributed by atoms with Crippen molar-refractivity contribution in [1.29, 1.82) is 0 Å². The number of carbonyl (C=O) groups is 2. The first-order valence-corrected chi connectivity index (χ1v) is 8.39. The Hall–Kier alpha value is -1.71. The molecular formula is C12H16N2O5S2. The number of amides is 1. The third-order valence-electron chi connectivity index (χ3n) is 2.44. The first-order valence-electron chi connectivity index (χ1n) is 6.03. The summed E-state index contributed by atoms with van der Waals surface area (Å²) in [7, 11) is -3.61. The van der Waals surface area contributed by atoms with Gasteiger partial charge in [0.05, 0.1) is 0 Å². The summed E-state index contributed by atoms with van der Waals surface area (Å²) in [5, 5.41) is 12.8. The van der Waals surface area contributed by atoms with E-state index in [0.29, 0.717) is 0 Å². The van der Waals surface area contributed by atoms with Gasteiger partial charge in [-0.1, -0.05) is 12.1 Å². The average molecular weight is 332 g/mol. The van der Waals surface area contributed by atoms with E-state index in [9.17, 15) is 18.0 Å². The fourth-order valence-corrected chi connectivity index (χ4v) is 3.51. The first kappa shape index (κ1) is 17.3. The van der Waals surface area contributed by atoms with Gasteiger partial charge in [0.25, 0.3) is 0 Å². The molecule has 0 aliphatic rings. The van der Waals surface area contributed by atoms with Crippen LogP contribution in [0.15, 0.2) is 34.4 Å². The van der Waals surface area contributed by atoms with Gasteiger partial charge in [0.1, 0.15) is 10.3 Å². The van der Waals surface area contributed by atoms with E-state index in [2.05, 4.69) is 16.6 Å². The van der Waals surface area contributed by atoms with Crippen LogP contribution in [0.1, 0.15) is 12.8 Å². The Labute approximate surface area is 126 Å². The quantitative estimate of drug-likeness (QED) is 0.572. The van der Waals surface area contributed by atoms with Gasteiger partial charge in [-0.05, 0) is 17.9 Å². The molecular weight excluding hydrogens is 316 g/mol. The molecule has 0 aromatic carbocycles. The molecule has 7 nitrogen and oxygen atoms in total. The number of nitrogens with one attached hydrogen (secondary N) is 2. The number of aliphatic carboxylic acids is 1. The molecule has 0 bridgehead atoms. The van der Waals surface area contributed by atoms with Crippen LogP contribution in [-0.4, -0.2) is 38.0 Å². The molecule has 0 aliphatic heterocycles. The van der Waals surface area contributed by atoms with Crippen molar-refractivity contribution in [3.63, 3.8) is 0 Å². The van der Waals surface area contributed by atoms with Crippen molar-refractivity contribution in [1.82, 2.24) is 10.0 Å². The Morgan fingerprint density at radius 3 is 2.71 bits per heavy atom. The lowest BCUT2D eigenvalue weighted by Gasteiger charge is -2.12. The molecule has 0 saturated carbocycles. The van der Waals surface area contributed by atoms with Crippen molar-refractivity contribution in [3.05, 3.63) is 30.2 Å². The molecule has 1 amide bonds. The summed E-state index contributed by atoms with van der Waals surface area (Å²) < 4.78 is 26.0. The number of carboxylic acids is 1. The Morgan fingerprint density at radius 2 is 2.19 bits per heavy atom. The maximum Gasteiger partial charge on any atom is 0.326 e. The lowest BCUT2D eigenvalue weighted by molar-refractivity contribution is -0.141. The number of hydrogen-bond donors (Lipinski definition) is 3. The summed E-state index contributed by atoms with van der Waals surface area (Å²) in [5.41, 5.74) is 0. The molecule has 3 N–H and O–H groups in total. The van der Waals surface area contributed by atoms with Crippen LogP contribution in [0.4, 0.5) is 0 Å². The summed E-state index contributed by atoms with van der Waals surface area (Å²) in [4.78, 5) is 22.4. The van der Waals surface area contributed by atoms with Crippen molar-refractivity contribution in [2.24, 2.45) is 0 Å². The second-order valence-electron chi connectivity index (χ2n) is 4.06. The number of sulfonamides is 1. The Kier molecular flexibility index (Phi) is 6.53. The lowest BCUT2D eigenvalue weighted by Crippen LogP contribution is -2.41. The van der Waals surface area contributed by atoms with Crippen LogP contribution in [0.2, 0.25) is 0 Å². The minimum Gasteiger partial charge on any atom is -0.480 e. The molecule has 1 atom stereocenters. The summed E-state index contributed by atoms with van der Waals surface area (Å²) in [6.07, 6.45) is 1.34. The molecule has 9 heteroatoms. The topological polar surface area (TPSA) is 113 Å². The Bertz CT molecular complexity index is 595. The zero-order valence-corrected chi connectivity index (χ0v) is 12.7. The first-order chi connectivity index (χ1) is 9.86. The van der Waals surface area contributed by atoms with Crippen molar-refractivity contribution in [3.8, 4) is 0 Å². The van der Waals surface area contributed by atoms with Crippen LogP contribution in [0, 0.1) is 0 Å². The van der Waals surface area contributed by atoms with Crippen LogP contribution in [0.3, 0.4) is 0 Å². The summed E-state index contributed by atoms with van der Waals surface area (Å²) in [5.74, 6) is -1.71. The minimum absolute atomic E-state index is 0.0992. The van der Waals surface area contributed by atoms with Crippen LogP contribution in [-0.2, 0) is 19.6 Å².